The molecule has 1 unspecified atom stereocenters. The van der Waals surface area contributed by atoms with Crippen molar-refractivity contribution < 1.29 is 28.0 Å². The second-order valence-corrected chi connectivity index (χ2v) is 8.77. The van der Waals surface area contributed by atoms with Crippen molar-refractivity contribution in [2.75, 3.05) is 0 Å². The topological polar surface area (TPSA) is 83.6 Å². The van der Waals surface area contributed by atoms with Gasteiger partial charge in [0.15, 0.2) is 0 Å². The van der Waals surface area contributed by atoms with Crippen LogP contribution in [0.25, 0.3) is 0 Å². The van der Waals surface area contributed by atoms with Crippen molar-refractivity contribution >= 4 is 23.5 Å². The molecular weight excluding hydrogens is 406 g/mol. The Balaban J connectivity index is 1.40. The molecule has 1 aromatic rings. The number of nitrogens with one attached hydrogen (secondary N) is 1. The number of fused-ring (bicyclic) bond motifs is 1. The van der Waals surface area contributed by atoms with Gasteiger partial charge in [-0.05, 0) is 42.9 Å². The van der Waals surface area contributed by atoms with E-state index in [1.807, 2.05) is 0 Å². The summed E-state index contributed by atoms with van der Waals surface area (Å²) in [6.07, 6.45) is 3.64. The average Bonchev–Trinajstić information content (AvgIpc) is 3.08. The van der Waals surface area contributed by atoms with Crippen molar-refractivity contribution in [2.45, 2.75) is 76.3 Å². The predicted octanol–water partition coefficient (Wildman–Crippen LogP) is 3.16. The van der Waals surface area contributed by atoms with Gasteiger partial charge in [0.2, 0.25) is 17.6 Å². The number of Topliss-reactive ketones (excluding diaryl/α,β-unsaturated/α-hetero) is 1. The van der Waals surface area contributed by atoms with Crippen LogP contribution in [0.5, 0.6) is 0 Å². The maximum absolute atomic E-state index is 14.5. The molecule has 31 heavy (non-hydrogen) atoms. The third kappa shape index (κ3) is 4.25. The Hall–Kier alpha value is -2.64. The molecule has 2 aliphatic heterocycles. The van der Waals surface area contributed by atoms with Crippen molar-refractivity contribution in [3.05, 3.63) is 34.9 Å². The van der Waals surface area contributed by atoms with Gasteiger partial charge in [-0.1, -0.05) is 31.4 Å². The first kappa shape index (κ1) is 21.6. The van der Waals surface area contributed by atoms with E-state index in [9.17, 15) is 28.0 Å². The summed E-state index contributed by atoms with van der Waals surface area (Å²) in [7, 11) is 0. The number of nitrogens with zero attached hydrogens (tertiary/aromatic N) is 1. The lowest BCUT2D eigenvalue weighted by molar-refractivity contribution is -0.153. The Bertz CT molecular complexity index is 924. The molecule has 1 N–H and O–H groups in total. The molecule has 4 rings (SSSR count). The summed E-state index contributed by atoms with van der Waals surface area (Å²) >= 11 is 0. The number of alkyl halides is 2. The number of imide groups is 1. The van der Waals surface area contributed by atoms with E-state index in [0.717, 1.165) is 19.3 Å². The normalized spacial score (nSPS) is 22.5. The van der Waals surface area contributed by atoms with Gasteiger partial charge in [-0.3, -0.25) is 24.5 Å². The molecule has 2 heterocycles. The Morgan fingerprint density at radius 1 is 1.10 bits per heavy atom. The maximum Gasteiger partial charge on any atom is 0.308 e. The minimum atomic E-state index is -3.28. The van der Waals surface area contributed by atoms with E-state index in [2.05, 4.69) is 5.32 Å². The number of aryl methyl sites for hydroxylation is 1. The predicted molar refractivity (Wildman–Crippen MR) is 107 cm³/mol. The van der Waals surface area contributed by atoms with Gasteiger partial charge in [0, 0.05) is 30.9 Å². The fraction of sp³-hybridized carbons (Fsp3) is 0.565. The number of amides is 3. The van der Waals surface area contributed by atoms with E-state index in [-0.39, 0.29) is 44.0 Å². The largest absolute Gasteiger partial charge is 0.322 e. The van der Waals surface area contributed by atoms with Crippen LogP contribution in [-0.2, 0) is 27.3 Å². The van der Waals surface area contributed by atoms with Gasteiger partial charge in [-0.25, -0.2) is 0 Å². The first-order chi connectivity index (χ1) is 14.8. The minimum absolute atomic E-state index is 0.180. The van der Waals surface area contributed by atoms with E-state index in [1.165, 1.54) is 4.90 Å². The van der Waals surface area contributed by atoms with Crippen LogP contribution < -0.4 is 5.32 Å². The van der Waals surface area contributed by atoms with Crippen LogP contribution in [0.15, 0.2) is 18.2 Å². The highest BCUT2D eigenvalue weighted by Crippen LogP contribution is 2.38. The van der Waals surface area contributed by atoms with Gasteiger partial charge in [-0.2, -0.15) is 8.78 Å². The number of rotatable bonds is 6. The Kier molecular flexibility index (Phi) is 5.90. The molecule has 0 spiro atoms. The molecule has 1 atom stereocenters. The van der Waals surface area contributed by atoms with E-state index < -0.39 is 29.6 Å². The summed E-state index contributed by atoms with van der Waals surface area (Å²) in [5.74, 6) is -6.25. The van der Waals surface area contributed by atoms with Crippen molar-refractivity contribution in [3.63, 3.8) is 0 Å². The molecule has 0 radical (unpaired) electrons. The third-order valence-corrected chi connectivity index (χ3v) is 6.72. The van der Waals surface area contributed by atoms with Crippen molar-refractivity contribution in [3.8, 4) is 0 Å². The highest BCUT2D eigenvalue weighted by Gasteiger charge is 2.46. The molecule has 1 aliphatic carbocycles. The van der Waals surface area contributed by atoms with Crippen molar-refractivity contribution in [1.82, 2.24) is 10.2 Å². The number of carbonyl (C=O) groups is 4. The fourth-order valence-electron chi connectivity index (χ4n) is 4.90. The van der Waals surface area contributed by atoms with E-state index >= 15 is 0 Å². The number of benzene rings is 1. The van der Waals surface area contributed by atoms with Crippen LogP contribution in [0, 0.1) is 5.92 Å². The van der Waals surface area contributed by atoms with Crippen molar-refractivity contribution in [1.29, 1.82) is 0 Å². The number of piperidine rings is 1. The van der Waals surface area contributed by atoms with Gasteiger partial charge >= 0.3 is 5.92 Å². The van der Waals surface area contributed by atoms with Gasteiger partial charge in [0.25, 0.3) is 5.91 Å². The average molecular weight is 432 g/mol. The first-order valence-corrected chi connectivity index (χ1v) is 10.9. The standard InChI is InChI=1S/C23H26F2N2O4/c24-23(25,16-4-2-1-3-5-16)19(28)10-7-14-6-8-17-15(12-14)13-27(22(17)31)18-9-11-20(29)26-21(18)30/h6,8,12,16,18H,1-5,7,9-11,13H2,(H,26,29,30). The van der Waals surface area contributed by atoms with Gasteiger partial charge in [-0.15, -0.1) is 0 Å². The molecule has 6 nitrogen and oxygen atoms in total. The molecule has 1 saturated heterocycles. The molecule has 1 saturated carbocycles. The summed E-state index contributed by atoms with van der Waals surface area (Å²) in [5.41, 5.74) is 1.88. The van der Waals surface area contributed by atoms with Crippen LogP contribution >= 0.6 is 0 Å². The first-order valence-electron chi connectivity index (χ1n) is 10.9. The van der Waals surface area contributed by atoms with E-state index in [0.29, 0.717) is 29.5 Å². The second-order valence-electron chi connectivity index (χ2n) is 8.77. The molecule has 8 heteroatoms. The summed E-state index contributed by atoms with van der Waals surface area (Å²) in [6.45, 7) is 0.223. The Morgan fingerprint density at radius 2 is 1.84 bits per heavy atom. The van der Waals surface area contributed by atoms with Crippen LogP contribution in [-0.4, -0.2) is 40.4 Å². The van der Waals surface area contributed by atoms with Gasteiger partial charge in [0.05, 0.1) is 0 Å². The summed E-state index contributed by atoms with van der Waals surface area (Å²) in [4.78, 5) is 49.9. The third-order valence-electron chi connectivity index (χ3n) is 6.72. The summed E-state index contributed by atoms with van der Waals surface area (Å²) in [5, 5.41) is 2.26. The van der Waals surface area contributed by atoms with Crippen molar-refractivity contribution in [2.24, 2.45) is 5.92 Å². The quantitative estimate of drug-likeness (QED) is 0.700. The van der Waals surface area contributed by atoms with Crippen LogP contribution in [0.4, 0.5) is 8.78 Å². The highest BCUT2D eigenvalue weighted by molar-refractivity contribution is 6.05. The smallest absolute Gasteiger partial charge is 0.308 e. The zero-order chi connectivity index (χ0) is 22.2. The molecule has 0 bridgehead atoms. The Morgan fingerprint density at radius 3 is 2.55 bits per heavy atom. The van der Waals surface area contributed by atoms with Crippen LogP contribution in [0.3, 0.4) is 0 Å². The number of ketones is 1. The van der Waals surface area contributed by atoms with Crippen LogP contribution in [0.1, 0.15) is 72.9 Å². The number of carbonyl (C=O) groups excluding carboxylic acids is 4. The fourth-order valence-corrected chi connectivity index (χ4v) is 4.90. The number of hydrogen-bond acceptors (Lipinski definition) is 4. The molecule has 3 amide bonds. The summed E-state index contributed by atoms with van der Waals surface area (Å²) < 4.78 is 29.1. The van der Waals surface area contributed by atoms with Gasteiger partial charge in [0.1, 0.15) is 6.04 Å². The second kappa shape index (κ2) is 8.48. The zero-order valence-electron chi connectivity index (χ0n) is 17.3. The molecule has 166 valence electrons. The maximum atomic E-state index is 14.5. The molecular formula is C23H26F2N2O4. The number of hydrogen-bond donors (Lipinski definition) is 1. The van der Waals surface area contributed by atoms with E-state index in [4.69, 9.17) is 0 Å². The minimum Gasteiger partial charge on any atom is -0.322 e. The zero-order valence-corrected chi connectivity index (χ0v) is 17.3. The molecule has 2 fully saturated rings. The lowest BCUT2D eigenvalue weighted by atomic mass is 9.82. The molecule has 0 aromatic heterocycles. The lowest BCUT2D eigenvalue weighted by Gasteiger charge is -2.29. The summed E-state index contributed by atoms with van der Waals surface area (Å²) in [6, 6.07) is 4.36. The van der Waals surface area contributed by atoms with E-state index in [1.54, 1.807) is 18.2 Å². The Labute approximate surface area is 179 Å². The SMILES string of the molecule is O=C1CCC(N2Cc3cc(CCC(=O)C(F)(F)C4CCCCC4)ccc3C2=O)C(=O)N1. The van der Waals surface area contributed by atoms with Gasteiger partial charge < -0.3 is 4.90 Å². The van der Waals surface area contributed by atoms with Crippen LogP contribution in [0.2, 0.25) is 0 Å². The number of halogens is 2. The lowest BCUT2D eigenvalue weighted by Crippen LogP contribution is -2.52. The highest BCUT2D eigenvalue weighted by atomic mass is 19.3. The molecule has 3 aliphatic rings. The molecule has 1 aromatic carbocycles. The monoisotopic (exact) mass is 432 g/mol.